The number of aromatic nitrogens is 1. The van der Waals surface area contributed by atoms with E-state index in [2.05, 4.69) is 17.2 Å². The average molecular weight is 265 g/mol. The molecule has 0 aliphatic heterocycles. The third-order valence-corrected chi connectivity index (χ3v) is 3.17. The number of nitrogens with one attached hydrogen (secondary N) is 1. The third kappa shape index (κ3) is 5.26. The molecule has 106 valence electrons. The Bertz CT molecular complexity index is 396. The lowest BCUT2D eigenvalue weighted by Gasteiger charge is -2.13. The number of hydrogen-bond donors (Lipinski definition) is 2. The second-order valence-electron chi connectivity index (χ2n) is 4.50. The van der Waals surface area contributed by atoms with Gasteiger partial charge in [0, 0.05) is 12.6 Å². The van der Waals surface area contributed by atoms with Crippen molar-refractivity contribution in [1.82, 2.24) is 4.98 Å². The summed E-state index contributed by atoms with van der Waals surface area (Å²) < 4.78 is 5.09. The average Bonchev–Trinajstić information content (AvgIpc) is 2.44. The van der Waals surface area contributed by atoms with Gasteiger partial charge in [0.25, 0.3) is 0 Å². The van der Waals surface area contributed by atoms with Crippen molar-refractivity contribution in [3.63, 3.8) is 0 Å². The Balaban J connectivity index is 2.46. The quantitative estimate of drug-likeness (QED) is 0.755. The number of amides is 1. The van der Waals surface area contributed by atoms with Crippen LogP contribution in [0.15, 0.2) is 18.3 Å². The van der Waals surface area contributed by atoms with Crippen LogP contribution in [0.25, 0.3) is 0 Å². The van der Waals surface area contributed by atoms with Gasteiger partial charge in [-0.1, -0.05) is 13.3 Å². The summed E-state index contributed by atoms with van der Waals surface area (Å²) in [6.45, 7) is 2.80. The van der Waals surface area contributed by atoms with E-state index in [0.29, 0.717) is 30.5 Å². The normalized spacial score (nSPS) is 11.9. The fourth-order valence-corrected chi connectivity index (χ4v) is 1.98. The smallest absolute Gasteiger partial charge is 0.237 e. The van der Waals surface area contributed by atoms with Crippen LogP contribution in [0.5, 0.6) is 5.88 Å². The van der Waals surface area contributed by atoms with Gasteiger partial charge in [-0.25, -0.2) is 4.98 Å². The number of pyridine rings is 1. The van der Waals surface area contributed by atoms with Gasteiger partial charge < -0.3 is 15.8 Å². The van der Waals surface area contributed by atoms with Gasteiger partial charge in [-0.15, -0.1) is 0 Å². The lowest BCUT2D eigenvalue weighted by molar-refractivity contribution is -0.116. The zero-order valence-electron chi connectivity index (χ0n) is 11.7. The first-order valence-corrected chi connectivity index (χ1v) is 6.70. The molecule has 0 aliphatic rings. The first kappa shape index (κ1) is 15.4. The van der Waals surface area contributed by atoms with E-state index >= 15 is 0 Å². The van der Waals surface area contributed by atoms with Crippen LogP contribution < -0.4 is 15.8 Å². The summed E-state index contributed by atoms with van der Waals surface area (Å²) in [5, 5.41) is 2.83. The number of nitrogens with zero attached hydrogens (tertiary/aromatic N) is 1. The molecule has 1 unspecified atom stereocenters. The predicted octanol–water partition coefficient (Wildman–Crippen LogP) is 2.18. The number of anilines is 1. The summed E-state index contributed by atoms with van der Waals surface area (Å²) in [5.41, 5.74) is 6.16. The van der Waals surface area contributed by atoms with Crippen LogP contribution in [0.3, 0.4) is 0 Å². The largest absolute Gasteiger partial charge is 0.480 e. The summed E-state index contributed by atoms with van der Waals surface area (Å²) in [6.07, 6.45) is 5.02. The monoisotopic (exact) mass is 265 g/mol. The van der Waals surface area contributed by atoms with Crippen LogP contribution in [-0.4, -0.2) is 24.5 Å². The van der Waals surface area contributed by atoms with Crippen LogP contribution >= 0.6 is 0 Å². The third-order valence-electron chi connectivity index (χ3n) is 3.17. The molecule has 1 aromatic rings. The summed E-state index contributed by atoms with van der Waals surface area (Å²) in [5.74, 6) is 0.943. The molecule has 0 spiro atoms. The van der Waals surface area contributed by atoms with Crippen molar-refractivity contribution in [3.05, 3.63) is 18.3 Å². The van der Waals surface area contributed by atoms with Crippen molar-refractivity contribution < 1.29 is 9.53 Å². The zero-order chi connectivity index (χ0) is 14.1. The van der Waals surface area contributed by atoms with Gasteiger partial charge in [-0.2, -0.15) is 0 Å². The highest BCUT2D eigenvalue weighted by Crippen LogP contribution is 2.21. The fraction of sp³-hybridized carbons (Fsp3) is 0.571. The molecule has 0 bridgehead atoms. The first-order chi connectivity index (χ1) is 9.21. The molecule has 0 aromatic carbocycles. The zero-order valence-corrected chi connectivity index (χ0v) is 11.7. The Hall–Kier alpha value is -1.62. The van der Waals surface area contributed by atoms with E-state index in [4.69, 9.17) is 10.5 Å². The molecule has 0 aliphatic carbocycles. The minimum atomic E-state index is -0.0122. The number of rotatable bonds is 8. The van der Waals surface area contributed by atoms with E-state index in [0.717, 1.165) is 19.3 Å². The number of hydrogen-bond acceptors (Lipinski definition) is 4. The number of methoxy groups -OCH3 is 1. The van der Waals surface area contributed by atoms with Gasteiger partial charge >= 0.3 is 0 Å². The highest BCUT2D eigenvalue weighted by molar-refractivity contribution is 5.91. The highest BCUT2D eigenvalue weighted by atomic mass is 16.5. The minimum absolute atomic E-state index is 0.0122. The van der Waals surface area contributed by atoms with E-state index in [-0.39, 0.29) is 5.91 Å². The Morgan fingerprint density at radius 3 is 2.95 bits per heavy atom. The number of ether oxygens (including phenoxy) is 1. The van der Waals surface area contributed by atoms with Crippen LogP contribution in [0, 0.1) is 5.92 Å². The molecule has 19 heavy (non-hydrogen) atoms. The Labute approximate surface area is 114 Å². The molecule has 0 fully saturated rings. The van der Waals surface area contributed by atoms with Gasteiger partial charge in [0.2, 0.25) is 11.8 Å². The topological polar surface area (TPSA) is 77.2 Å². The molecule has 0 radical (unpaired) electrons. The van der Waals surface area contributed by atoms with Crippen LogP contribution in [-0.2, 0) is 4.79 Å². The van der Waals surface area contributed by atoms with Crippen LogP contribution in [0.4, 0.5) is 5.69 Å². The van der Waals surface area contributed by atoms with Gasteiger partial charge in [-0.3, -0.25) is 4.79 Å². The Morgan fingerprint density at radius 1 is 1.53 bits per heavy atom. The fourth-order valence-electron chi connectivity index (χ4n) is 1.98. The van der Waals surface area contributed by atoms with Gasteiger partial charge in [0.1, 0.15) is 5.69 Å². The van der Waals surface area contributed by atoms with Crippen LogP contribution in [0.1, 0.15) is 32.6 Å². The molecule has 3 N–H and O–H groups in total. The van der Waals surface area contributed by atoms with E-state index in [1.165, 1.54) is 7.11 Å². The highest BCUT2D eigenvalue weighted by Gasteiger charge is 2.11. The summed E-state index contributed by atoms with van der Waals surface area (Å²) in [6, 6.07) is 3.54. The van der Waals surface area contributed by atoms with Crippen molar-refractivity contribution in [2.75, 3.05) is 19.0 Å². The SMILES string of the molecule is CCC(CCN)CCC(=O)Nc1cccnc1OC. The minimum Gasteiger partial charge on any atom is -0.480 e. The first-order valence-electron chi connectivity index (χ1n) is 6.70. The molecular weight excluding hydrogens is 242 g/mol. The van der Waals surface area contributed by atoms with E-state index in [1.54, 1.807) is 18.3 Å². The summed E-state index contributed by atoms with van der Waals surface area (Å²) in [4.78, 5) is 15.9. The standard InChI is InChI=1S/C14H23N3O2/c1-3-11(8-9-15)6-7-13(18)17-12-5-4-10-16-14(12)19-2/h4-5,10-11H,3,6-9,15H2,1-2H3,(H,17,18). The molecule has 1 heterocycles. The van der Waals surface area contributed by atoms with Crippen LogP contribution in [0.2, 0.25) is 0 Å². The molecule has 5 heteroatoms. The Morgan fingerprint density at radius 2 is 2.32 bits per heavy atom. The molecular formula is C14H23N3O2. The van der Waals surface area contributed by atoms with Crippen molar-refractivity contribution >= 4 is 11.6 Å². The maximum atomic E-state index is 11.9. The second-order valence-corrected chi connectivity index (χ2v) is 4.50. The van der Waals surface area contributed by atoms with Crippen molar-refractivity contribution in [3.8, 4) is 5.88 Å². The molecule has 0 saturated carbocycles. The summed E-state index contributed by atoms with van der Waals surface area (Å²) >= 11 is 0. The van der Waals surface area contributed by atoms with Crippen molar-refractivity contribution in [1.29, 1.82) is 0 Å². The predicted molar refractivity (Wildman–Crippen MR) is 76.1 cm³/mol. The molecule has 1 atom stereocenters. The maximum absolute atomic E-state index is 11.9. The number of carbonyl (C=O) groups is 1. The molecule has 5 nitrogen and oxygen atoms in total. The van der Waals surface area contributed by atoms with Crippen molar-refractivity contribution in [2.45, 2.75) is 32.6 Å². The lowest BCUT2D eigenvalue weighted by Crippen LogP contribution is -2.15. The van der Waals surface area contributed by atoms with Gasteiger partial charge in [-0.05, 0) is 37.4 Å². The van der Waals surface area contributed by atoms with Gasteiger partial charge in [0.05, 0.1) is 7.11 Å². The summed E-state index contributed by atoms with van der Waals surface area (Å²) in [7, 11) is 1.53. The second kappa shape index (κ2) is 8.48. The molecule has 1 rings (SSSR count). The maximum Gasteiger partial charge on any atom is 0.237 e. The van der Waals surface area contributed by atoms with E-state index in [9.17, 15) is 4.79 Å². The number of nitrogens with two attached hydrogens (primary N) is 1. The molecule has 1 aromatic heterocycles. The lowest BCUT2D eigenvalue weighted by atomic mass is 9.96. The molecule has 1 amide bonds. The number of carbonyl (C=O) groups excluding carboxylic acids is 1. The molecule has 0 saturated heterocycles. The van der Waals surface area contributed by atoms with E-state index in [1.807, 2.05) is 0 Å². The van der Waals surface area contributed by atoms with Gasteiger partial charge in [0.15, 0.2) is 0 Å². The van der Waals surface area contributed by atoms with Crippen molar-refractivity contribution in [2.24, 2.45) is 11.7 Å². The van der Waals surface area contributed by atoms with E-state index < -0.39 is 0 Å². The Kier molecular flexibility index (Phi) is 6.89.